The molecule has 0 aliphatic carbocycles. The summed E-state index contributed by atoms with van der Waals surface area (Å²) in [6, 6.07) is 24.1. The van der Waals surface area contributed by atoms with Crippen LogP contribution in [-0.4, -0.2) is 17.1 Å². The second-order valence-corrected chi connectivity index (χ2v) is 9.22. The number of amides is 2. The monoisotopic (exact) mass is 527 g/mol. The fraction of sp³-hybridized carbons (Fsp3) is 0.161. The van der Waals surface area contributed by atoms with Crippen LogP contribution in [0.2, 0.25) is 0 Å². The minimum atomic E-state index is -0.806. The highest BCUT2D eigenvalue weighted by molar-refractivity contribution is 6.01. The van der Waals surface area contributed by atoms with Crippen molar-refractivity contribution in [3.63, 3.8) is 0 Å². The lowest BCUT2D eigenvalue weighted by atomic mass is 9.93. The van der Waals surface area contributed by atoms with Crippen LogP contribution in [0, 0.1) is 11.7 Å². The van der Waals surface area contributed by atoms with Gasteiger partial charge in [0.2, 0.25) is 5.91 Å². The second-order valence-electron chi connectivity index (χ2n) is 9.22. The van der Waals surface area contributed by atoms with Crippen molar-refractivity contribution < 1.29 is 23.8 Å². The number of para-hydroxylation sites is 2. The number of aromatic hydroxyl groups is 1. The molecule has 4 rings (SSSR count). The average Bonchev–Trinajstić information content (AvgIpc) is 2.93. The molecule has 2 amide bonds. The van der Waals surface area contributed by atoms with Gasteiger partial charge in [-0.2, -0.15) is 0 Å². The number of carbonyl (C=O) groups is 2. The summed E-state index contributed by atoms with van der Waals surface area (Å²) >= 11 is 0. The summed E-state index contributed by atoms with van der Waals surface area (Å²) in [7, 11) is 0. The number of carbonyl (C=O) groups excluding carboxylic acids is 2. The van der Waals surface area contributed by atoms with E-state index in [-0.39, 0.29) is 11.8 Å². The highest BCUT2D eigenvalue weighted by Crippen LogP contribution is 2.33. The van der Waals surface area contributed by atoms with Gasteiger partial charge in [-0.15, -0.1) is 0 Å². The summed E-state index contributed by atoms with van der Waals surface area (Å²) in [6.45, 7) is 1.87. The van der Waals surface area contributed by atoms with Crippen molar-refractivity contribution in [2.24, 2.45) is 5.92 Å². The number of benzene rings is 4. The Labute approximate surface area is 226 Å². The summed E-state index contributed by atoms with van der Waals surface area (Å²) < 4.78 is 20.0. The smallest absolute Gasteiger partial charge is 0.412 e. The van der Waals surface area contributed by atoms with Gasteiger partial charge in [0.1, 0.15) is 6.10 Å². The Morgan fingerprint density at radius 3 is 2.49 bits per heavy atom. The first-order chi connectivity index (χ1) is 18.8. The molecule has 5 N–H and O–H groups in total. The van der Waals surface area contributed by atoms with Gasteiger partial charge in [-0.3, -0.25) is 10.1 Å². The molecule has 0 spiro atoms. The number of phenolic OH excluding ortho intramolecular Hbond substituents is 1. The summed E-state index contributed by atoms with van der Waals surface area (Å²) in [6.07, 6.45) is 2.68. The molecule has 0 heterocycles. The summed E-state index contributed by atoms with van der Waals surface area (Å²) in [5.74, 6) is -1.86. The van der Waals surface area contributed by atoms with E-state index in [2.05, 4.69) is 10.6 Å². The van der Waals surface area contributed by atoms with E-state index < -0.39 is 23.8 Å². The predicted molar refractivity (Wildman–Crippen MR) is 152 cm³/mol. The van der Waals surface area contributed by atoms with Crippen molar-refractivity contribution in [2.75, 3.05) is 16.4 Å². The van der Waals surface area contributed by atoms with E-state index in [0.29, 0.717) is 35.5 Å². The number of hydrogen-bond acceptors (Lipinski definition) is 5. The summed E-state index contributed by atoms with van der Waals surface area (Å²) in [4.78, 5) is 25.2. The molecule has 0 bridgehead atoms. The Bertz CT molecular complexity index is 1500. The number of nitrogens with two attached hydrogens (primary N) is 1. The number of allylic oxidation sites excluding steroid dienone is 1. The van der Waals surface area contributed by atoms with E-state index >= 15 is 0 Å². The Balaban J connectivity index is 1.43. The molecule has 0 fully saturated rings. The Hall–Kier alpha value is -4.85. The lowest BCUT2D eigenvalue weighted by Gasteiger charge is -2.25. The average molecular weight is 528 g/mol. The molecule has 4 aromatic carbocycles. The zero-order valence-corrected chi connectivity index (χ0v) is 21.4. The molecular formula is C31H30FN3O4. The van der Waals surface area contributed by atoms with E-state index in [9.17, 15) is 19.1 Å². The van der Waals surface area contributed by atoms with Gasteiger partial charge >= 0.3 is 6.09 Å². The van der Waals surface area contributed by atoms with Gasteiger partial charge in [0.15, 0.2) is 11.6 Å². The minimum Gasteiger partial charge on any atom is -0.505 e. The van der Waals surface area contributed by atoms with E-state index in [1.807, 2.05) is 43.3 Å². The molecule has 0 unspecified atom stereocenters. The van der Waals surface area contributed by atoms with Crippen LogP contribution in [0.25, 0.3) is 10.8 Å². The van der Waals surface area contributed by atoms with E-state index in [4.69, 9.17) is 10.5 Å². The first-order valence-electron chi connectivity index (χ1n) is 12.6. The Morgan fingerprint density at radius 2 is 1.69 bits per heavy atom. The molecule has 2 atom stereocenters. The third-order valence-corrected chi connectivity index (χ3v) is 6.35. The molecule has 0 radical (unpaired) electrons. The molecule has 39 heavy (non-hydrogen) atoms. The number of anilines is 3. The molecule has 0 aliphatic heterocycles. The Morgan fingerprint density at radius 1 is 0.974 bits per heavy atom. The maximum atomic E-state index is 14.2. The number of ether oxygens (including phenoxy) is 1. The van der Waals surface area contributed by atoms with Crippen LogP contribution < -0.4 is 16.4 Å². The molecule has 0 saturated heterocycles. The van der Waals surface area contributed by atoms with Gasteiger partial charge in [-0.05, 0) is 66.1 Å². The van der Waals surface area contributed by atoms with Gasteiger partial charge in [0, 0.05) is 5.39 Å². The topological polar surface area (TPSA) is 114 Å². The van der Waals surface area contributed by atoms with Crippen LogP contribution in [-0.2, 0) is 9.53 Å². The van der Waals surface area contributed by atoms with Crippen LogP contribution in [0.4, 0.5) is 26.2 Å². The molecule has 0 aliphatic rings. The van der Waals surface area contributed by atoms with Gasteiger partial charge < -0.3 is 20.9 Å². The third kappa shape index (κ3) is 7.13. The van der Waals surface area contributed by atoms with Crippen molar-refractivity contribution >= 4 is 39.8 Å². The standard InChI is InChI=1S/C31H30FN3O4/c1-20(9-2-7-16-29(37)34-27-14-6-5-13-25(27)33)30(22-17-18-28(36)24(32)19-22)39-31(38)35-26-15-8-11-21-10-3-4-12-23(21)26/h3-8,10-20,30,36H,2,9,33H2,1H3,(H,34,37)(H,35,38)/b16-7+/t20-,30-/m0/s1. The first-order valence-corrected chi connectivity index (χ1v) is 12.6. The van der Waals surface area contributed by atoms with Crippen LogP contribution in [0.1, 0.15) is 31.4 Å². The van der Waals surface area contributed by atoms with Crippen LogP contribution in [0.5, 0.6) is 5.75 Å². The van der Waals surface area contributed by atoms with Gasteiger partial charge in [0.25, 0.3) is 0 Å². The SMILES string of the molecule is C[C@@H](CC/C=C/C(=O)Nc1ccccc1N)[C@H](OC(=O)Nc1cccc2ccccc12)c1ccc(O)c(F)c1. The van der Waals surface area contributed by atoms with Crippen LogP contribution in [0.3, 0.4) is 0 Å². The lowest BCUT2D eigenvalue weighted by Crippen LogP contribution is -2.22. The first kappa shape index (κ1) is 27.2. The zero-order valence-electron chi connectivity index (χ0n) is 21.4. The molecule has 8 heteroatoms. The fourth-order valence-electron chi connectivity index (χ4n) is 4.29. The summed E-state index contributed by atoms with van der Waals surface area (Å²) in [5.41, 5.74) is 7.86. The summed E-state index contributed by atoms with van der Waals surface area (Å²) in [5, 5.41) is 17.0. The highest BCUT2D eigenvalue weighted by atomic mass is 19.1. The van der Waals surface area contributed by atoms with E-state index in [1.54, 1.807) is 36.4 Å². The van der Waals surface area contributed by atoms with E-state index in [0.717, 1.165) is 16.8 Å². The van der Waals surface area contributed by atoms with Crippen molar-refractivity contribution in [1.29, 1.82) is 0 Å². The minimum absolute atomic E-state index is 0.246. The largest absolute Gasteiger partial charge is 0.505 e. The fourth-order valence-corrected chi connectivity index (χ4v) is 4.29. The predicted octanol–water partition coefficient (Wildman–Crippen LogP) is 7.17. The molecule has 0 saturated carbocycles. The maximum Gasteiger partial charge on any atom is 0.412 e. The molecule has 7 nitrogen and oxygen atoms in total. The quantitative estimate of drug-likeness (QED) is 0.136. The lowest BCUT2D eigenvalue weighted by molar-refractivity contribution is -0.111. The van der Waals surface area contributed by atoms with Gasteiger partial charge in [-0.1, -0.05) is 67.6 Å². The second kappa shape index (κ2) is 12.6. The van der Waals surface area contributed by atoms with E-state index in [1.165, 1.54) is 18.2 Å². The number of phenols is 1. The van der Waals surface area contributed by atoms with Crippen molar-refractivity contribution in [2.45, 2.75) is 25.9 Å². The number of rotatable bonds is 9. The molecular weight excluding hydrogens is 497 g/mol. The van der Waals surface area contributed by atoms with Crippen molar-refractivity contribution in [3.8, 4) is 5.75 Å². The van der Waals surface area contributed by atoms with Crippen molar-refractivity contribution in [3.05, 3.63) is 108 Å². The van der Waals surface area contributed by atoms with Crippen LogP contribution in [0.15, 0.2) is 97.1 Å². The normalized spacial score (nSPS) is 12.7. The van der Waals surface area contributed by atoms with Crippen LogP contribution >= 0.6 is 0 Å². The zero-order chi connectivity index (χ0) is 27.8. The number of nitrogen functional groups attached to an aromatic ring is 1. The van der Waals surface area contributed by atoms with Gasteiger partial charge in [0.05, 0.1) is 17.1 Å². The number of fused-ring (bicyclic) bond motifs is 1. The Kier molecular flexibility index (Phi) is 8.78. The molecule has 200 valence electrons. The molecule has 0 aromatic heterocycles. The van der Waals surface area contributed by atoms with Crippen molar-refractivity contribution in [1.82, 2.24) is 0 Å². The van der Waals surface area contributed by atoms with Gasteiger partial charge in [-0.25, -0.2) is 9.18 Å². The highest BCUT2D eigenvalue weighted by Gasteiger charge is 2.25. The number of hydrogen-bond donors (Lipinski definition) is 4. The third-order valence-electron chi connectivity index (χ3n) is 6.35. The maximum absolute atomic E-state index is 14.2. The number of nitrogens with one attached hydrogen (secondary N) is 2. The molecule has 4 aromatic rings. The number of halogens is 1.